The van der Waals surface area contributed by atoms with Crippen LogP contribution in [0.2, 0.25) is 0 Å². The Morgan fingerprint density at radius 2 is 1.44 bits per heavy atom. The average molecular weight is 359 g/mol. The number of hydrogen-bond acceptors (Lipinski definition) is 2. The van der Waals surface area contributed by atoms with Crippen LogP contribution in [0.15, 0.2) is 72.8 Å². The fourth-order valence-electron chi connectivity index (χ4n) is 3.21. The maximum atomic E-state index is 12.4. The van der Waals surface area contributed by atoms with E-state index in [9.17, 15) is 9.90 Å². The lowest BCUT2D eigenvalue weighted by molar-refractivity contribution is 0.0526. The van der Waals surface area contributed by atoms with Crippen molar-refractivity contribution in [3.8, 4) is 11.1 Å². The number of hydrogen-bond donors (Lipinski definition) is 2. The predicted octanol–water partition coefficient (Wildman–Crippen LogP) is 4.61. The van der Waals surface area contributed by atoms with Crippen molar-refractivity contribution in [2.24, 2.45) is 0 Å². The molecule has 0 saturated heterocycles. The number of aryl methyl sites for hydroxylation is 2. The quantitative estimate of drug-likeness (QED) is 0.699. The van der Waals surface area contributed by atoms with Gasteiger partial charge in [0.25, 0.3) is 5.91 Å². The normalized spacial score (nSPS) is 13.0. The summed E-state index contributed by atoms with van der Waals surface area (Å²) in [7, 11) is 0. The van der Waals surface area contributed by atoms with E-state index in [1.165, 1.54) is 0 Å². The molecular formula is C24H25NO2. The smallest absolute Gasteiger partial charge is 0.251 e. The van der Waals surface area contributed by atoms with Crippen LogP contribution in [0.3, 0.4) is 0 Å². The molecule has 0 saturated carbocycles. The molecule has 3 heteroatoms. The molecule has 1 atom stereocenters. The van der Waals surface area contributed by atoms with Crippen LogP contribution in [0.25, 0.3) is 11.1 Å². The van der Waals surface area contributed by atoms with Crippen LogP contribution in [-0.2, 0) is 5.60 Å². The van der Waals surface area contributed by atoms with E-state index in [0.29, 0.717) is 5.56 Å². The average Bonchev–Trinajstić information content (AvgIpc) is 2.66. The Balaban J connectivity index is 1.70. The summed E-state index contributed by atoms with van der Waals surface area (Å²) in [6, 6.07) is 23.6. The molecule has 0 aliphatic heterocycles. The summed E-state index contributed by atoms with van der Waals surface area (Å²) in [5.74, 6) is -0.178. The maximum Gasteiger partial charge on any atom is 0.251 e. The standard InChI is InChI=1S/C24H25NO2/c1-17-13-18(2)15-21(14-17)23(26)25-16-24(3,27)22-11-9-20(10-12-22)19-7-5-4-6-8-19/h4-15,27H,16H2,1-3H3,(H,25,26). The Bertz CT molecular complexity index is 908. The van der Waals surface area contributed by atoms with Gasteiger partial charge in [0.1, 0.15) is 5.60 Å². The first kappa shape index (κ1) is 18.9. The van der Waals surface area contributed by atoms with Crippen molar-refractivity contribution in [2.45, 2.75) is 26.4 Å². The lowest BCUT2D eigenvalue weighted by atomic mass is 9.93. The first-order valence-electron chi connectivity index (χ1n) is 9.10. The lowest BCUT2D eigenvalue weighted by Crippen LogP contribution is -2.38. The largest absolute Gasteiger partial charge is 0.384 e. The second-order valence-electron chi connectivity index (χ2n) is 7.28. The van der Waals surface area contributed by atoms with Crippen LogP contribution in [0.1, 0.15) is 34.0 Å². The molecule has 3 rings (SSSR count). The molecule has 1 unspecified atom stereocenters. The zero-order chi connectivity index (χ0) is 19.4. The molecular weight excluding hydrogens is 334 g/mol. The highest BCUT2D eigenvalue weighted by Crippen LogP contribution is 2.25. The van der Waals surface area contributed by atoms with Gasteiger partial charge in [0, 0.05) is 5.56 Å². The Morgan fingerprint density at radius 1 is 0.889 bits per heavy atom. The molecule has 0 aliphatic carbocycles. The van der Waals surface area contributed by atoms with Crippen molar-refractivity contribution in [1.82, 2.24) is 5.32 Å². The minimum atomic E-state index is -1.15. The zero-order valence-electron chi connectivity index (χ0n) is 16.0. The molecule has 3 nitrogen and oxygen atoms in total. The highest BCUT2D eigenvalue weighted by atomic mass is 16.3. The molecule has 27 heavy (non-hydrogen) atoms. The third-order valence-corrected chi connectivity index (χ3v) is 4.69. The molecule has 0 radical (unpaired) electrons. The van der Waals surface area contributed by atoms with Crippen molar-refractivity contribution in [3.63, 3.8) is 0 Å². The molecule has 138 valence electrons. The van der Waals surface area contributed by atoms with Gasteiger partial charge in [0.2, 0.25) is 0 Å². The van der Waals surface area contributed by atoms with Crippen LogP contribution in [0.4, 0.5) is 0 Å². The Labute approximate surface area is 160 Å². The van der Waals surface area contributed by atoms with Crippen molar-refractivity contribution in [3.05, 3.63) is 95.1 Å². The topological polar surface area (TPSA) is 49.3 Å². The van der Waals surface area contributed by atoms with E-state index in [0.717, 1.165) is 27.8 Å². The van der Waals surface area contributed by atoms with Gasteiger partial charge in [-0.1, -0.05) is 71.8 Å². The van der Waals surface area contributed by atoms with Gasteiger partial charge in [0.05, 0.1) is 6.54 Å². The number of rotatable bonds is 5. The van der Waals surface area contributed by atoms with Crippen LogP contribution < -0.4 is 5.32 Å². The third-order valence-electron chi connectivity index (χ3n) is 4.69. The SMILES string of the molecule is Cc1cc(C)cc(C(=O)NCC(C)(O)c2ccc(-c3ccccc3)cc2)c1. The van der Waals surface area contributed by atoms with Crippen molar-refractivity contribution in [1.29, 1.82) is 0 Å². The summed E-state index contributed by atoms with van der Waals surface area (Å²) in [5, 5.41) is 13.7. The van der Waals surface area contributed by atoms with Gasteiger partial charge in [-0.2, -0.15) is 0 Å². The Kier molecular flexibility index (Phi) is 5.43. The van der Waals surface area contributed by atoms with Crippen molar-refractivity contribution >= 4 is 5.91 Å². The molecule has 0 aliphatic rings. The fourth-order valence-corrected chi connectivity index (χ4v) is 3.21. The van der Waals surface area contributed by atoms with Gasteiger partial charge in [-0.25, -0.2) is 0 Å². The highest BCUT2D eigenvalue weighted by Gasteiger charge is 2.24. The first-order valence-corrected chi connectivity index (χ1v) is 9.10. The molecule has 0 spiro atoms. The first-order chi connectivity index (χ1) is 12.8. The van der Waals surface area contributed by atoms with Gasteiger partial charge in [-0.05, 0) is 49.6 Å². The van der Waals surface area contributed by atoms with Gasteiger partial charge >= 0.3 is 0 Å². The van der Waals surface area contributed by atoms with E-state index in [2.05, 4.69) is 17.4 Å². The van der Waals surface area contributed by atoms with Crippen LogP contribution in [0.5, 0.6) is 0 Å². The number of aliphatic hydroxyl groups is 1. The second kappa shape index (κ2) is 7.77. The summed E-state index contributed by atoms with van der Waals surface area (Å²) in [5.41, 5.74) is 4.54. The minimum Gasteiger partial charge on any atom is -0.384 e. The predicted molar refractivity (Wildman–Crippen MR) is 110 cm³/mol. The maximum absolute atomic E-state index is 12.4. The van der Waals surface area contributed by atoms with E-state index in [1.54, 1.807) is 6.92 Å². The molecule has 0 heterocycles. The van der Waals surface area contributed by atoms with E-state index in [-0.39, 0.29) is 12.5 Å². The van der Waals surface area contributed by atoms with Gasteiger partial charge in [-0.15, -0.1) is 0 Å². The van der Waals surface area contributed by atoms with E-state index in [1.807, 2.05) is 74.5 Å². The highest BCUT2D eigenvalue weighted by molar-refractivity contribution is 5.94. The zero-order valence-corrected chi connectivity index (χ0v) is 16.0. The fraction of sp³-hybridized carbons (Fsp3) is 0.208. The number of benzene rings is 3. The van der Waals surface area contributed by atoms with Crippen molar-refractivity contribution < 1.29 is 9.90 Å². The monoisotopic (exact) mass is 359 g/mol. The molecule has 2 N–H and O–H groups in total. The molecule has 0 aromatic heterocycles. The van der Waals surface area contributed by atoms with E-state index < -0.39 is 5.60 Å². The Morgan fingerprint density at radius 3 is 2.04 bits per heavy atom. The van der Waals surface area contributed by atoms with Gasteiger partial charge < -0.3 is 10.4 Å². The van der Waals surface area contributed by atoms with Gasteiger partial charge in [0.15, 0.2) is 0 Å². The lowest BCUT2D eigenvalue weighted by Gasteiger charge is -2.24. The molecule has 3 aromatic carbocycles. The van der Waals surface area contributed by atoms with Crippen LogP contribution >= 0.6 is 0 Å². The van der Waals surface area contributed by atoms with Crippen LogP contribution in [-0.4, -0.2) is 17.6 Å². The summed E-state index contributed by atoms with van der Waals surface area (Å²) in [4.78, 5) is 12.4. The third kappa shape index (κ3) is 4.63. The number of carbonyl (C=O) groups is 1. The molecule has 1 amide bonds. The van der Waals surface area contributed by atoms with Crippen LogP contribution in [0, 0.1) is 13.8 Å². The van der Waals surface area contributed by atoms with E-state index >= 15 is 0 Å². The summed E-state index contributed by atoms with van der Waals surface area (Å²) < 4.78 is 0. The number of nitrogens with one attached hydrogen (secondary N) is 1. The molecule has 3 aromatic rings. The number of carbonyl (C=O) groups excluding carboxylic acids is 1. The molecule has 0 fully saturated rings. The summed E-state index contributed by atoms with van der Waals surface area (Å²) in [6.45, 7) is 5.79. The summed E-state index contributed by atoms with van der Waals surface area (Å²) >= 11 is 0. The number of amides is 1. The van der Waals surface area contributed by atoms with E-state index in [4.69, 9.17) is 0 Å². The Hall–Kier alpha value is -2.91. The van der Waals surface area contributed by atoms with Crippen molar-refractivity contribution in [2.75, 3.05) is 6.54 Å². The second-order valence-corrected chi connectivity index (χ2v) is 7.28. The van der Waals surface area contributed by atoms with Gasteiger partial charge in [-0.3, -0.25) is 4.79 Å². The molecule has 0 bridgehead atoms. The summed E-state index contributed by atoms with van der Waals surface area (Å²) in [6.07, 6.45) is 0. The minimum absolute atomic E-state index is 0.142.